The lowest BCUT2D eigenvalue weighted by Crippen LogP contribution is -2.29. The minimum Gasteiger partial charge on any atom is -0.382 e. The van der Waals surface area contributed by atoms with E-state index in [9.17, 15) is 35.8 Å². The molecule has 0 amide bonds. The van der Waals surface area contributed by atoms with E-state index in [1.165, 1.54) is 0 Å². The molecule has 3 nitrogen and oxygen atoms in total. The first kappa shape index (κ1) is 16.5. The van der Waals surface area contributed by atoms with Gasteiger partial charge in [-0.25, -0.2) is 17.6 Å². The van der Waals surface area contributed by atoms with Gasteiger partial charge in [0.05, 0.1) is 18.2 Å². The Labute approximate surface area is 126 Å². The lowest BCUT2D eigenvalue weighted by atomic mass is 9.92. The molecular formula is C13H13F7N2O. The molecular weight excluding hydrogens is 333 g/mol. The fourth-order valence-corrected chi connectivity index (χ4v) is 3.26. The third-order valence-electron chi connectivity index (χ3n) is 4.43. The average Bonchev–Trinajstić information content (AvgIpc) is 2.86. The quantitative estimate of drug-likeness (QED) is 0.784. The third-order valence-corrected chi connectivity index (χ3v) is 4.43. The molecule has 1 saturated carbocycles. The van der Waals surface area contributed by atoms with Gasteiger partial charge in [0.2, 0.25) is 5.92 Å². The predicted octanol–water partition coefficient (Wildman–Crippen LogP) is 3.88. The highest BCUT2D eigenvalue weighted by molar-refractivity contribution is 5.38. The molecule has 0 spiro atoms. The van der Waals surface area contributed by atoms with Gasteiger partial charge in [0.25, 0.3) is 5.92 Å². The maximum Gasteiger partial charge on any atom is 0.435 e. The fourth-order valence-electron chi connectivity index (χ4n) is 3.26. The number of hydrogen-bond donors (Lipinski definition) is 1. The Bertz CT molecular complexity index is 613. The number of nitrogens with zero attached hydrogens (tertiary/aromatic N) is 2. The standard InChI is InChI=1S/C13H13F7N2O/c14-11(15)3-1-6(2-4-11)22-7-5-12(16,17)10(23)8(7)9(21-22)13(18,19)20/h6,10,23H,1-5H2/t10-/m0/s1. The predicted molar refractivity (Wildman–Crippen MR) is 63.3 cm³/mol. The second kappa shape index (κ2) is 4.84. The van der Waals surface area contributed by atoms with Crippen LogP contribution < -0.4 is 0 Å². The summed E-state index contributed by atoms with van der Waals surface area (Å²) in [5.74, 6) is -6.63. The van der Waals surface area contributed by atoms with Gasteiger partial charge in [0, 0.05) is 18.4 Å². The lowest BCUT2D eigenvalue weighted by molar-refractivity contribution is -0.146. The maximum absolute atomic E-state index is 13.6. The second-order valence-corrected chi connectivity index (χ2v) is 6.08. The summed E-state index contributed by atoms with van der Waals surface area (Å²) in [7, 11) is 0. The number of halogens is 7. The SMILES string of the molecule is O[C@H]1c2c(C(F)(F)F)nn(C3CCC(F)(F)CC3)c2CC1(F)F. The van der Waals surface area contributed by atoms with Crippen molar-refractivity contribution >= 4 is 0 Å². The van der Waals surface area contributed by atoms with Gasteiger partial charge in [-0.05, 0) is 12.8 Å². The summed E-state index contributed by atoms with van der Waals surface area (Å²) in [5.41, 5.74) is -2.90. The van der Waals surface area contributed by atoms with E-state index in [1.807, 2.05) is 0 Å². The first-order valence-corrected chi connectivity index (χ1v) is 7.04. The number of aliphatic hydroxyl groups is 1. The van der Waals surface area contributed by atoms with E-state index in [4.69, 9.17) is 0 Å². The van der Waals surface area contributed by atoms with Crippen LogP contribution in [0.3, 0.4) is 0 Å². The largest absolute Gasteiger partial charge is 0.435 e. The van der Waals surface area contributed by atoms with E-state index in [1.54, 1.807) is 0 Å². The van der Waals surface area contributed by atoms with Crippen molar-refractivity contribution in [3.8, 4) is 0 Å². The van der Waals surface area contributed by atoms with Gasteiger partial charge in [-0.3, -0.25) is 4.68 Å². The van der Waals surface area contributed by atoms with E-state index in [-0.39, 0.29) is 12.8 Å². The molecule has 3 rings (SSSR count). The Morgan fingerprint density at radius 1 is 1.09 bits per heavy atom. The summed E-state index contributed by atoms with van der Waals surface area (Å²) in [5, 5.41) is 12.9. The lowest BCUT2D eigenvalue weighted by Gasteiger charge is -2.29. The van der Waals surface area contributed by atoms with Crippen molar-refractivity contribution in [2.45, 2.75) is 62.3 Å². The summed E-state index contributed by atoms with van der Waals surface area (Å²) in [6.07, 6.45) is -10.1. The first-order valence-electron chi connectivity index (χ1n) is 7.04. The summed E-state index contributed by atoms with van der Waals surface area (Å²) in [4.78, 5) is 0. The number of aromatic nitrogens is 2. The molecule has 0 aliphatic heterocycles. The van der Waals surface area contributed by atoms with Gasteiger partial charge in [0.15, 0.2) is 5.69 Å². The van der Waals surface area contributed by atoms with Crippen LogP contribution in [0, 0.1) is 0 Å². The molecule has 1 heterocycles. The van der Waals surface area contributed by atoms with E-state index in [0.717, 1.165) is 4.68 Å². The Morgan fingerprint density at radius 3 is 2.17 bits per heavy atom. The molecule has 0 aromatic carbocycles. The maximum atomic E-state index is 13.6. The van der Waals surface area contributed by atoms with Gasteiger partial charge in [-0.1, -0.05) is 0 Å². The van der Waals surface area contributed by atoms with Crippen LogP contribution >= 0.6 is 0 Å². The Balaban J connectivity index is 2.02. The Kier molecular flexibility index (Phi) is 3.48. The zero-order valence-corrected chi connectivity index (χ0v) is 11.7. The number of fused-ring (bicyclic) bond motifs is 1. The van der Waals surface area contributed by atoms with Gasteiger partial charge < -0.3 is 5.11 Å². The molecule has 2 aliphatic rings. The number of hydrogen-bond acceptors (Lipinski definition) is 2. The average molecular weight is 346 g/mol. The van der Waals surface area contributed by atoms with Crippen LogP contribution in [0.15, 0.2) is 0 Å². The van der Waals surface area contributed by atoms with E-state index in [2.05, 4.69) is 5.10 Å². The highest BCUT2D eigenvalue weighted by Gasteiger charge is 2.55. The van der Waals surface area contributed by atoms with Crippen LogP contribution in [0.25, 0.3) is 0 Å². The van der Waals surface area contributed by atoms with Crippen LogP contribution in [-0.2, 0) is 12.6 Å². The van der Waals surface area contributed by atoms with E-state index < -0.39 is 66.4 Å². The molecule has 10 heteroatoms. The van der Waals surface area contributed by atoms with Gasteiger partial charge in [-0.15, -0.1) is 0 Å². The Hall–Kier alpha value is -1.32. The van der Waals surface area contributed by atoms with Crippen molar-refractivity contribution < 1.29 is 35.8 Å². The molecule has 1 aromatic rings. The van der Waals surface area contributed by atoms with Crippen molar-refractivity contribution in [3.63, 3.8) is 0 Å². The number of rotatable bonds is 1. The summed E-state index contributed by atoms with van der Waals surface area (Å²) in [6.45, 7) is 0. The molecule has 2 aliphatic carbocycles. The van der Waals surface area contributed by atoms with E-state index in [0.29, 0.717) is 0 Å². The third kappa shape index (κ3) is 2.70. The van der Waals surface area contributed by atoms with Crippen molar-refractivity contribution in [3.05, 3.63) is 17.0 Å². The molecule has 23 heavy (non-hydrogen) atoms. The molecule has 0 unspecified atom stereocenters. The topological polar surface area (TPSA) is 38.1 Å². The molecule has 0 saturated heterocycles. The molecule has 1 atom stereocenters. The highest BCUT2D eigenvalue weighted by atomic mass is 19.4. The van der Waals surface area contributed by atoms with Gasteiger partial charge >= 0.3 is 6.18 Å². The van der Waals surface area contributed by atoms with Crippen LogP contribution in [0.4, 0.5) is 30.7 Å². The minimum atomic E-state index is -5.00. The van der Waals surface area contributed by atoms with Crippen molar-refractivity contribution in [2.24, 2.45) is 0 Å². The van der Waals surface area contributed by atoms with Crippen LogP contribution in [0.1, 0.15) is 54.8 Å². The van der Waals surface area contributed by atoms with E-state index >= 15 is 0 Å². The van der Waals surface area contributed by atoms with Crippen molar-refractivity contribution in [1.29, 1.82) is 0 Å². The molecule has 0 radical (unpaired) electrons. The van der Waals surface area contributed by atoms with Crippen LogP contribution in [-0.4, -0.2) is 26.7 Å². The number of alkyl halides is 7. The summed E-state index contributed by atoms with van der Waals surface area (Å²) >= 11 is 0. The first-order chi connectivity index (χ1) is 10.4. The summed E-state index contributed by atoms with van der Waals surface area (Å²) < 4.78 is 93.4. The minimum absolute atomic E-state index is 0.153. The fraction of sp³-hybridized carbons (Fsp3) is 0.769. The molecule has 1 aromatic heterocycles. The molecule has 1 fully saturated rings. The monoisotopic (exact) mass is 346 g/mol. The highest BCUT2D eigenvalue weighted by Crippen LogP contribution is 2.50. The zero-order chi connectivity index (χ0) is 17.2. The smallest absolute Gasteiger partial charge is 0.382 e. The second-order valence-electron chi connectivity index (χ2n) is 6.08. The molecule has 1 N–H and O–H groups in total. The van der Waals surface area contributed by atoms with Gasteiger partial charge in [-0.2, -0.15) is 18.3 Å². The van der Waals surface area contributed by atoms with Crippen molar-refractivity contribution in [1.82, 2.24) is 9.78 Å². The normalized spacial score (nSPS) is 27.2. The molecule has 0 bridgehead atoms. The van der Waals surface area contributed by atoms with Crippen LogP contribution in [0.2, 0.25) is 0 Å². The summed E-state index contributed by atoms with van der Waals surface area (Å²) in [6, 6.07) is -0.805. The van der Waals surface area contributed by atoms with Gasteiger partial charge in [0.1, 0.15) is 6.10 Å². The van der Waals surface area contributed by atoms with Crippen LogP contribution in [0.5, 0.6) is 0 Å². The Morgan fingerprint density at radius 2 is 1.65 bits per heavy atom. The zero-order valence-electron chi connectivity index (χ0n) is 11.7. The molecule has 130 valence electrons. The number of aliphatic hydroxyl groups excluding tert-OH is 1. The van der Waals surface area contributed by atoms with Crippen molar-refractivity contribution in [2.75, 3.05) is 0 Å².